The molecule has 2 aromatic carbocycles. The van der Waals surface area contributed by atoms with Crippen LogP contribution in [0.2, 0.25) is 0 Å². The lowest BCUT2D eigenvalue weighted by molar-refractivity contribution is 0.0542. The zero-order chi connectivity index (χ0) is 21.1. The van der Waals surface area contributed by atoms with Crippen LogP contribution in [-0.4, -0.2) is 43.9 Å². The Morgan fingerprint density at radius 1 is 1.10 bits per heavy atom. The van der Waals surface area contributed by atoms with Gasteiger partial charge < -0.3 is 25.3 Å². The number of fused-ring (bicyclic) bond motifs is 1. The van der Waals surface area contributed by atoms with Gasteiger partial charge in [0, 0.05) is 36.6 Å². The van der Waals surface area contributed by atoms with E-state index in [1.165, 1.54) is 6.07 Å². The maximum Gasteiger partial charge on any atom is 0.225 e. The van der Waals surface area contributed by atoms with Crippen LogP contribution in [0.4, 0.5) is 16.2 Å². The number of halogens is 1. The van der Waals surface area contributed by atoms with Crippen molar-refractivity contribution in [2.24, 2.45) is 0 Å². The summed E-state index contributed by atoms with van der Waals surface area (Å²) in [5.74, 6) is 1.64. The van der Waals surface area contributed by atoms with Gasteiger partial charge in [-0.2, -0.15) is 4.98 Å². The Morgan fingerprint density at radius 3 is 2.53 bits per heavy atom. The first-order chi connectivity index (χ1) is 14.5. The molecule has 0 bridgehead atoms. The molecule has 0 atom stereocenters. The number of benzene rings is 2. The van der Waals surface area contributed by atoms with Crippen molar-refractivity contribution in [2.75, 3.05) is 45.0 Å². The highest BCUT2D eigenvalue weighted by Gasteiger charge is 2.35. The van der Waals surface area contributed by atoms with Gasteiger partial charge in [0.2, 0.25) is 5.95 Å². The molecule has 158 valence electrons. The predicted molar refractivity (Wildman–Crippen MR) is 114 cm³/mol. The first kappa shape index (κ1) is 20.2. The number of aromatic nitrogens is 2. The Morgan fingerprint density at radius 2 is 1.83 bits per heavy atom. The van der Waals surface area contributed by atoms with Crippen LogP contribution in [0.5, 0.6) is 11.5 Å². The molecule has 4 rings (SSSR count). The Labute approximate surface area is 174 Å². The molecule has 3 N–H and O–H groups in total. The van der Waals surface area contributed by atoms with Crippen LogP contribution in [0.3, 0.4) is 0 Å². The topological polar surface area (TPSA) is 91.5 Å². The molecule has 0 saturated carbocycles. The molecular weight excluding hydrogens is 387 g/mol. The first-order valence-electron chi connectivity index (χ1n) is 9.81. The van der Waals surface area contributed by atoms with Crippen molar-refractivity contribution >= 4 is 22.7 Å². The SMILES string of the molecule is COc1cc2nc(NCC3(c4cccc(F)c4)CCOCC3)nc(N)c2cc1OC. The quantitative estimate of drug-likeness (QED) is 0.640. The molecule has 1 aromatic heterocycles. The molecule has 1 fully saturated rings. The number of methoxy groups -OCH3 is 2. The lowest BCUT2D eigenvalue weighted by Crippen LogP contribution is -2.40. The van der Waals surface area contributed by atoms with E-state index >= 15 is 0 Å². The summed E-state index contributed by atoms with van der Waals surface area (Å²) in [5, 5.41) is 4.00. The number of hydrogen-bond acceptors (Lipinski definition) is 7. The van der Waals surface area contributed by atoms with Crippen LogP contribution in [0.25, 0.3) is 10.9 Å². The van der Waals surface area contributed by atoms with Crippen LogP contribution in [0, 0.1) is 5.82 Å². The molecule has 0 spiro atoms. The second-order valence-electron chi connectivity index (χ2n) is 7.41. The number of nitrogens with two attached hydrogens (primary N) is 1. The Hall–Kier alpha value is -3.13. The van der Waals surface area contributed by atoms with Crippen molar-refractivity contribution in [2.45, 2.75) is 18.3 Å². The van der Waals surface area contributed by atoms with E-state index in [0.717, 1.165) is 18.4 Å². The molecule has 0 aliphatic carbocycles. The van der Waals surface area contributed by atoms with Gasteiger partial charge >= 0.3 is 0 Å². The monoisotopic (exact) mass is 412 g/mol. The van der Waals surface area contributed by atoms with Gasteiger partial charge in [-0.3, -0.25) is 0 Å². The van der Waals surface area contributed by atoms with Crippen LogP contribution in [0.15, 0.2) is 36.4 Å². The molecule has 30 heavy (non-hydrogen) atoms. The fourth-order valence-corrected chi connectivity index (χ4v) is 3.95. The molecule has 1 saturated heterocycles. The molecule has 0 radical (unpaired) electrons. The summed E-state index contributed by atoms with van der Waals surface area (Å²) >= 11 is 0. The summed E-state index contributed by atoms with van der Waals surface area (Å²) in [5.41, 5.74) is 7.51. The van der Waals surface area contributed by atoms with E-state index < -0.39 is 0 Å². The third-order valence-corrected chi connectivity index (χ3v) is 5.70. The van der Waals surface area contributed by atoms with Gasteiger partial charge in [-0.15, -0.1) is 0 Å². The molecule has 1 aliphatic heterocycles. The molecule has 8 heteroatoms. The molecule has 3 aromatic rings. The average Bonchev–Trinajstić information content (AvgIpc) is 2.77. The minimum absolute atomic E-state index is 0.245. The minimum atomic E-state index is -0.273. The van der Waals surface area contributed by atoms with E-state index in [0.29, 0.717) is 53.9 Å². The minimum Gasteiger partial charge on any atom is -0.493 e. The molecule has 1 aliphatic rings. The number of nitrogen functional groups attached to an aromatic ring is 1. The average molecular weight is 412 g/mol. The Balaban J connectivity index is 1.65. The fourth-order valence-electron chi connectivity index (χ4n) is 3.95. The van der Waals surface area contributed by atoms with Crippen molar-refractivity contribution in [3.63, 3.8) is 0 Å². The van der Waals surface area contributed by atoms with Gasteiger partial charge in [0.15, 0.2) is 11.5 Å². The van der Waals surface area contributed by atoms with E-state index in [2.05, 4.69) is 15.3 Å². The zero-order valence-electron chi connectivity index (χ0n) is 17.1. The van der Waals surface area contributed by atoms with Gasteiger partial charge in [-0.05, 0) is 36.6 Å². The zero-order valence-corrected chi connectivity index (χ0v) is 17.1. The van der Waals surface area contributed by atoms with Gasteiger partial charge in [-0.25, -0.2) is 9.37 Å². The highest BCUT2D eigenvalue weighted by Crippen LogP contribution is 2.36. The summed E-state index contributed by atoms with van der Waals surface area (Å²) in [4.78, 5) is 9.02. The third-order valence-electron chi connectivity index (χ3n) is 5.70. The summed E-state index contributed by atoms with van der Waals surface area (Å²) in [6.45, 7) is 1.78. The van der Waals surface area contributed by atoms with Crippen LogP contribution in [-0.2, 0) is 10.2 Å². The van der Waals surface area contributed by atoms with Crippen molar-refractivity contribution in [3.8, 4) is 11.5 Å². The van der Waals surface area contributed by atoms with Crippen molar-refractivity contribution in [1.82, 2.24) is 9.97 Å². The summed E-state index contributed by atoms with van der Waals surface area (Å²) < 4.78 is 30.2. The number of ether oxygens (including phenoxy) is 3. The van der Waals surface area contributed by atoms with Crippen molar-refractivity contribution in [3.05, 3.63) is 47.8 Å². The lowest BCUT2D eigenvalue weighted by Gasteiger charge is -2.38. The van der Waals surface area contributed by atoms with Crippen LogP contribution >= 0.6 is 0 Å². The number of nitrogens with zero attached hydrogens (tertiary/aromatic N) is 2. The smallest absolute Gasteiger partial charge is 0.225 e. The normalized spacial score (nSPS) is 15.7. The number of anilines is 2. The highest BCUT2D eigenvalue weighted by atomic mass is 19.1. The second kappa shape index (κ2) is 8.31. The number of rotatable bonds is 6. The number of nitrogens with one attached hydrogen (secondary N) is 1. The fraction of sp³-hybridized carbons (Fsp3) is 0.364. The Bertz CT molecular complexity index is 1050. The first-order valence-corrected chi connectivity index (χ1v) is 9.81. The van der Waals surface area contributed by atoms with Crippen LogP contribution < -0.4 is 20.5 Å². The van der Waals surface area contributed by atoms with E-state index in [1.807, 2.05) is 6.07 Å². The lowest BCUT2D eigenvalue weighted by atomic mass is 9.74. The van der Waals surface area contributed by atoms with E-state index in [4.69, 9.17) is 19.9 Å². The van der Waals surface area contributed by atoms with Crippen LogP contribution in [0.1, 0.15) is 18.4 Å². The second-order valence-corrected chi connectivity index (χ2v) is 7.41. The predicted octanol–water partition coefficient (Wildman–Crippen LogP) is 3.53. The summed E-state index contributed by atoms with van der Waals surface area (Å²) in [6.07, 6.45) is 1.55. The van der Waals surface area contributed by atoms with E-state index in [1.54, 1.807) is 38.5 Å². The molecule has 0 amide bonds. The molecule has 0 unspecified atom stereocenters. The summed E-state index contributed by atoms with van der Waals surface area (Å²) in [7, 11) is 3.14. The third kappa shape index (κ3) is 3.82. The van der Waals surface area contributed by atoms with Gasteiger partial charge in [-0.1, -0.05) is 12.1 Å². The van der Waals surface area contributed by atoms with E-state index in [9.17, 15) is 4.39 Å². The molecule has 2 heterocycles. The van der Waals surface area contributed by atoms with Gasteiger partial charge in [0.05, 0.1) is 19.7 Å². The summed E-state index contributed by atoms with van der Waals surface area (Å²) in [6, 6.07) is 10.3. The molecule has 7 nitrogen and oxygen atoms in total. The molecular formula is C22H25FN4O3. The maximum absolute atomic E-state index is 13.9. The van der Waals surface area contributed by atoms with Crippen molar-refractivity contribution < 1.29 is 18.6 Å². The van der Waals surface area contributed by atoms with Crippen molar-refractivity contribution in [1.29, 1.82) is 0 Å². The highest BCUT2D eigenvalue weighted by molar-refractivity contribution is 5.91. The Kier molecular flexibility index (Phi) is 5.59. The largest absolute Gasteiger partial charge is 0.493 e. The maximum atomic E-state index is 13.9. The van der Waals surface area contributed by atoms with Gasteiger partial charge in [0.25, 0.3) is 0 Å². The standard InChI is InChI=1S/C22H25FN4O3/c1-28-18-11-16-17(12-19(18)29-2)26-21(27-20(16)24)25-13-22(6-8-30-9-7-22)14-4-3-5-15(23)10-14/h3-5,10-12H,6-9,13H2,1-2H3,(H3,24,25,26,27). The van der Waals surface area contributed by atoms with E-state index in [-0.39, 0.29) is 11.2 Å². The van der Waals surface area contributed by atoms with Gasteiger partial charge in [0.1, 0.15) is 11.6 Å². The number of hydrogen-bond donors (Lipinski definition) is 2.